The quantitative estimate of drug-likeness (QED) is 0.0593. The molecular weight excluding hydrogens is 496 g/mol. The number of ether oxygens (including phenoxy) is 2. The van der Waals surface area contributed by atoms with Gasteiger partial charge >= 0.3 is 17.9 Å². The van der Waals surface area contributed by atoms with Crippen molar-refractivity contribution in [3.05, 3.63) is 12.2 Å². The Bertz CT molecular complexity index is 633. The minimum Gasteiger partial charge on any atom is -0.478 e. The van der Waals surface area contributed by atoms with Gasteiger partial charge in [-0.3, -0.25) is 14.4 Å². The summed E-state index contributed by atoms with van der Waals surface area (Å²) in [5.41, 5.74) is 0. The van der Waals surface area contributed by atoms with Crippen LogP contribution in [0.3, 0.4) is 0 Å². The van der Waals surface area contributed by atoms with Crippen LogP contribution in [0.5, 0.6) is 0 Å². The summed E-state index contributed by atoms with van der Waals surface area (Å²) in [5.74, 6) is -2.77. The predicted molar refractivity (Wildman–Crippen MR) is 155 cm³/mol. The fourth-order valence-electron chi connectivity index (χ4n) is 4.41. The van der Waals surface area contributed by atoms with Crippen molar-refractivity contribution in [2.45, 2.75) is 149 Å². The van der Waals surface area contributed by atoms with Gasteiger partial charge in [0, 0.05) is 31.3 Å². The van der Waals surface area contributed by atoms with Crippen molar-refractivity contribution in [2.75, 3.05) is 13.2 Å². The van der Waals surface area contributed by atoms with E-state index in [0.717, 1.165) is 50.7 Å². The molecule has 7 heteroatoms. The number of carbonyl (C=O) groups excluding carboxylic acids is 3. The van der Waals surface area contributed by atoms with Gasteiger partial charge in [-0.15, -0.1) is 0 Å². The van der Waals surface area contributed by atoms with E-state index >= 15 is 0 Å². The number of carbonyl (C=O) groups is 4. The topological polar surface area (TPSA) is 107 Å². The van der Waals surface area contributed by atoms with Crippen molar-refractivity contribution in [1.29, 1.82) is 0 Å². The first-order valence-corrected chi connectivity index (χ1v) is 15.6. The molecule has 39 heavy (non-hydrogen) atoms. The summed E-state index contributed by atoms with van der Waals surface area (Å²) in [5, 5.41) is 8.74. The summed E-state index contributed by atoms with van der Waals surface area (Å²) in [7, 11) is 0. The normalized spacial score (nSPS) is 11.3. The number of hydrogen-bond acceptors (Lipinski definition) is 6. The first kappa shape index (κ1) is 36.8. The first-order valence-electron chi connectivity index (χ1n) is 15.6. The van der Waals surface area contributed by atoms with E-state index in [0.29, 0.717) is 12.8 Å². The van der Waals surface area contributed by atoms with Crippen LogP contribution in [0, 0.1) is 5.92 Å². The molecule has 0 heterocycles. The maximum absolute atomic E-state index is 12.2. The lowest BCUT2D eigenvalue weighted by Crippen LogP contribution is -2.23. The molecule has 0 spiro atoms. The lowest BCUT2D eigenvalue weighted by atomic mass is 10.0. The van der Waals surface area contributed by atoms with E-state index in [9.17, 15) is 19.2 Å². The third-order valence-corrected chi connectivity index (χ3v) is 6.83. The number of aliphatic carboxylic acids is 1. The third kappa shape index (κ3) is 27.2. The molecule has 0 radical (unpaired) electrons. The largest absolute Gasteiger partial charge is 0.478 e. The average molecular weight is 553 g/mol. The molecule has 1 N–H and O–H groups in total. The zero-order valence-corrected chi connectivity index (χ0v) is 24.9. The molecule has 0 rings (SSSR count). The van der Waals surface area contributed by atoms with Crippen LogP contribution in [0.2, 0.25) is 0 Å². The van der Waals surface area contributed by atoms with Crippen molar-refractivity contribution in [2.24, 2.45) is 5.92 Å². The van der Waals surface area contributed by atoms with Crippen molar-refractivity contribution in [1.82, 2.24) is 0 Å². The molecule has 0 aliphatic rings. The fraction of sp³-hybridized carbons (Fsp3) is 0.812. The predicted octanol–water partition coefficient (Wildman–Crippen LogP) is 8.13. The average Bonchev–Trinajstić information content (AvgIpc) is 2.91. The van der Waals surface area contributed by atoms with E-state index in [1.807, 2.05) is 0 Å². The van der Waals surface area contributed by atoms with Crippen LogP contribution >= 0.6 is 0 Å². The molecule has 0 aromatic rings. The van der Waals surface area contributed by atoms with E-state index in [2.05, 4.69) is 13.8 Å². The molecular formula is C32H56O7. The van der Waals surface area contributed by atoms with Gasteiger partial charge in [0.25, 0.3) is 0 Å². The van der Waals surface area contributed by atoms with Crippen LogP contribution in [0.4, 0.5) is 0 Å². The maximum atomic E-state index is 12.2. The van der Waals surface area contributed by atoms with Gasteiger partial charge < -0.3 is 14.6 Å². The number of carboxylic acid groups (broad SMARTS) is 1. The van der Waals surface area contributed by atoms with Crippen LogP contribution in [-0.2, 0) is 28.7 Å². The Kier molecular flexibility index (Phi) is 25.9. The summed E-state index contributed by atoms with van der Waals surface area (Å²) >= 11 is 0. The fourth-order valence-corrected chi connectivity index (χ4v) is 4.41. The van der Waals surface area contributed by atoms with Gasteiger partial charge in [-0.2, -0.15) is 0 Å². The lowest BCUT2D eigenvalue weighted by Gasteiger charge is -2.16. The van der Waals surface area contributed by atoms with Gasteiger partial charge in [0.15, 0.2) is 5.78 Å². The Morgan fingerprint density at radius 2 is 0.923 bits per heavy atom. The molecule has 0 aliphatic heterocycles. The molecule has 7 nitrogen and oxygen atoms in total. The number of ketones is 1. The van der Waals surface area contributed by atoms with Crippen molar-refractivity contribution in [3.63, 3.8) is 0 Å². The summed E-state index contributed by atoms with van der Waals surface area (Å²) in [6.45, 7) is 4.35. The second-order valence-electron chi connectivity index (χ2n) is 10.7. The molecule has 0 aliphatic carbocycles. The van der Waals surface area contributed by atoms with Gasteiger partial charge in [-0.1, -0.05) is 117 Å². The smallest absolute Gasteiger partial charge is 0.328 e. The molecule has 226 valence electrons. The summed E-state index contributed by atoms with van der Waals surface area (Å²) in [6.07, 6.45) is 23.2. The van der Waals surface area contributed by atoms with Crippen LogP contribution in [0.1, 0.15) is 149 Å². The number of allylic oxidation sites excluding steroid dienone is 1. The number of hydrogen-bond donors (Lipinski definition) is 1. The van der Waals surface area contributed by atoms with Gasteiger partial charge in [-0.05, 0) is 18.9 Å². The maximum Gasteiger partial charge on any atom is 0.328 e. The van der Waals surface area contributed by atoms with E-state index < -0.39 is 17.7 Å². The van der Waals surface area contributed by atoms with Crippen LogP contribution in [0.15, 0.2) is 12.2 Å². The monoisotopic (exact) mass is 552 g/mol. The standard InChI is InChI=1S/C32H56O7/c1-3-5-7-9-11-13-15-17-19-21-31(36)38-26-28(25-29(33)23-24-30(34)35)27-39-32(37)22-20-18-16-14-12-10-8-6-4-2/h23-24,28H,3-22,25-27H2,1-2H3,(H,34,35)/b24-23+. The molecule has 0 saturated carbocycles. The van der Waals surface area contributed by atoms with Crippen molar-refractivity contribution >= 4 is 23.7 Å². The van der Waals surface area contributed by atoms with E-state index in [-0.39, 0.29) is 31.6 Å². The molecule has 0 amide bonds. The van der Waals surface area contributed by atoms with Crippen molar-refractivity contribution in [3.8, 4) is 0 Å². The number of unbranched alkanes of at least 4 members (excludes halogenated alkanes) is 16. The number of rotatable bonds is 28. The Labute approximate surface area is 237 Å². The summed E-state index contributed by atoms with van der Waals surface area (Å²) < 4.78 is 10.7. The number of carboxylic acids is 1. The summed E-state index contributed by atoms with van der Waals surface area (Å²) in [6, 6.07) is 0. The highest BCUT2D eigenvalue weighted by Gasteiger charge is 2.18. The minimum atomic E-state index is -1.21. The Morgan fingerprint density at radius 1 is 0.564 bits per heavy atom. The molecule has 0 aromatic carbocycles. The first-order chi connectivity index (χ1) is 18.9. The van der Waals surface area contributed by atoms with Crippen molar-refractivity contribution < 1.29 is 33.8 Å². The summed E-state index contributed by atoms with van der Waals surface area (Å²) in [4.78, 5) is 47.2. The molecule has 0 saturated heterocycles. The molecule has 0 unspecified atom stereocenters. The van der Waals surface area contributed by atoms with E-state index in [1.165, 1.54) is 77.0 Å². The molecule has 0 bridgehead atoms. The highest BCUT2D eigenvalue weighted by molar-refractivity contribution is 5.95. The third-order valence-electron chi connectivity index (χ3n) is 6.83. The van der Waals surface area contributed by atoms with E-state index in [4.69, 9.17) is 14.6 Å². The molecule has 0 fully saturated rings. The second kappa shape index (κ2) is 27.4. The van der Waals surface area contributed by atoms with Crippen LogP contribution < -0.4 is 0 Å². The highest BCUT2D eigenvalue weighted by atomic mass is 16.5. The zero-order chi connectivity index (χ0) is 29.0. The second-order valence-corrected chi connectivity index (χ2v) is 10.7. The molecule has 0 aromatic heterocycles. The van der Waals surface area contributed by atoms with Gasteiger partial charge in [0.2, 0.25) is 0 Å². The van der Waals surface area contributed by atoms with Gasteiger partial charge in [0.05, 0.1) is 13.2 Å². The number of esters is 2. The Balaban J connectivity index is 4.26. The zero-order valence-electron chi connectivity index (χ0n) is 24.9. The Hall–Kier alpha value is -2.18. The minimum absolute atomic E-state index is 0.0335. The van der Waals surface area contributed by atoms with Gasteiger partial charge in [0.1, 0.15) is 0 Å². The van der Waals surface area contributed by atoms with E-state index in [1.54, 1.807) is 0 Å². The van der Waals surface area contributed by atoms with Gasteiger partial charge in [-0.25, -0.2) is 4.79 Å². The van der Waals surface area contributed by atoms with Crippen LogP contribution in [0.25, 0.3) is 0 Å². The highest BCUT2D eigenvalue weighted by Crippen LogP contribution is 2.14. The van der Waals surface area contributed by atoms with Crippen LogP contribution in [-0.4, -0.2) is 42.0 Å². The lowest BCUT2D eigenvalue weighted by molar-refractivity contribution is -0.150. The molecule has 0 atom stereocenters. The Morgan fingerprint density at radius 3 is 1.28 bits per heavy atom. The SMILES string of the molecule is CCCCCCCCCCCC(=O)OCC(COC(=O)CCCCCCCCCCC)CC(=O)/C=C/C(=O)O.